The lowest BCUT2D eigenvalue weighted by atomic mass is 9.92. The zero-order valence-corrected chi connectivity index (χ0v) is 19.6. The number of carbonyl (C=O) groups excluding carboxylic acids is 2. The van der Waals surface area contributed by atoms with Crippen molar-refractivity contribution in [1.82, 2.24) is 19.9 Å². The maximum absolute atomic E-state index is 13.6. The predicted molar refractivity (Wildman–Crippen MR) is 126 cm³/mol. The predicted octanol–water partition coefficient (Wildman–Crippen LogP) is 4.61. The molecule has 1 N–H and O–H groups in total. The molecule has 178 valence electrons. The second-order valence-electron chi connectivity index (χ2n) is 8.04. The highest BCUT2D eigenvalue weighted by Gasteiger charge is 2.38. The van der Waals surface area contributed by atoms with Crippen LogP contribution in [0.25, 0.3) is 10.4 Å². The van der Waals surface area contributed by atoms with Crippen LogP contribution in [0.4, 0.5) is 14.5 Å². The molecule has 2 heterocycles. The Balaban J connectivity index is 1.65. The fourth-order valence-corrected chi connectivity index (χ4v) is 4.72. The second kappa shape index (κ2) is 10.5. The molecular formula is C23H22ClF2N5O2S. The number of anilines is 1. The molecule has 2 amide bonds. The average Bonchev–Trinajstić information content (AvgIpc) is 3.39. The van der Waals surface area contributed by atoms with Crippen LogP contribution in [0.15, 0.2) is 55.0 Å². The Morgan fingerprint density at radius 2 is 1.85 bits per heavy atom. The molecule has 0 aliphatic heterocycles. The van der Waals surface area contributed by atoms with Crippen molar-refractivity contribution in [2.24, 2.45) is 0 Å². The maximum Gasteiger partial charge on any atom is 0.248 e. The van der Waals surface area contributed by atoms with Crippen LogP contribution >= 0.6 is 23.1 Å². The van der Waals surface area contributed by atoms with E-state index in [1.807, 2.05) is 18.2 Å². The summed E-state index contributed by atoms with van der Waals surface area (Å²) >= 11 is 7.27. The van der Waals surface area contributed by atoms with E-state index in [4.69, 9.17) is 11.6 Å². The van der Waals surface area contributed by atoms with Gasteiger partial charge in [-0.05, 0) is 54.2 Å². The molecule has 3 aromatic rings. The molecule has 2 aromatic heterocycles. The zero-order chi connectivity index (χ0) is 24.1. The summed E-state index contributed by atoms with van der Waals surface area (Å²) in [4.78, 5) is 28.7. The molecule has 1 aliphatic rings. The molecule has 7 nitrogen and oxygen atoms in total. The normalized spacial score (nSPS) is 16.6. The molecule has 1 saturated carbocycles. The summed E-state index contributed by atoms with van der Waals surface area (Å²) in [5.74, 6) is -4.04. The van der Waals surface area contributed by atoms with E-state index >= 15 is 0 Å². The molecule has 0 spiro atoms. The molecular weight excluding hydrogens is 484 g/mol. The Bertz CT molecular complexity index is 1110. The second-order valence-corrected chi connectivity index (χ2v) is 9.14. The average molecular weight is 506 g/mol. The van der Waals surface area contributed by atoms with E-state index < -0.39 is 29.8 Å². The van der Waals surface area contributed by atoms with Crippen molar-refractivity contribution < 1.29 is 18.4 Å². The monoisotopic (exact) mass is 505 g/mol. The third-order valence-corrected chi connectivity index (χ3v) is 6.77. The lowest BCUT2D eigenvalue weighted by Crippen LogP contribution is -2.48. The first-order valence-electron chi connectivity index (χ1n) is 10.7. The van der Waals surface area contributed by atoms with Crippen molar-refractivity contribution in [2.75, 3.05) is 10.8 Å². The van der Waals surface area contributed by atoms with Crippen LogP contribution < -0.4 is 10.2 Å². The summed E-state index contributed by atoms with van der Waals surface area (Å²) in [6.45, 7) is 0. The largest absolute Gasteiger partial charge is 0.351 e. The highest BCUT2D eigenvalue weighted by atomic mass is 35.5. The number of aromatic nitrogens is 3. The maximum atomic E-state index is 13.6. The van der Waals surface area contributed by atoms with Crippen molar-refractivity contribution in [2.45, 2.75) is 43.7 Å². The fraction of sp³-hybridized carbons (Fsp3) is 0.348. The molecule has 34 heavy (non-hydrogen) atoms. The summed E-state index contributed by atoms with van der Waals surface area (Å²) in [6, 6.07) is 9.09. The molecule has 1 aromatic carbocycles. The minimum atomic E-state index is -2.71. The number of amides is 2. The van der Waals surface area contributed by atoms with E-state index in [2.05, 4.69) is 19.9 Å². The van der Waals surface area contributed by atoms with Crippen LogP contribution in [-0.4, -0.2) is 44.2 Å². The molecule has 0 radical (unpaired) electrons. The Morgan fingerprint density at radius 3 is 2.44 bits per heavy atom. The van der Waals surface area contributed by atoms with Gasteiger partial charge in [-0.25, -0.2) is 13.2 Å². The van der Waals surface area contributed by atoms with Crippen LogP contribution in [-0.2, 0) is 9.59 Å². The lowest BCUT2D eigenvalue weighted by Gasteiger charge is -2.34. The van der Waals surface area contributed by atoms with E-state index in [1.165, 1.54) is 28.8 Å². The van der Waals surface area contributed by atoms with Crippen molar-refractivity contribution in [1.29, 1.82) is 0 Å². The molecule has 11 heteroatoms. The number of nitrogens with zero attached hydrogens (tertiary/aromatic N) is 4. The summed E-state index contributed by atoms with van der Waals surface area (Å²) < 4.78 is 31.3. The van der Waals surface area contributed by atoms with Gasteiger partial charge in [0.1, 0.15) is 11.9 Å². The van der Waals surface area contributed by atoms with Gasteiger partial charge >= 0.3 is 0 Å². The zero-order valence-electron chi connectivity index (χ0n) is 18.0. The van der Waals surface area contributed by atoms with Gasteiger partial charge in [-0.15, -0.1) is 11.6 Å². The molecule has 0 bridgehead atoms. The number of hydrogen-bond donors (Lipinski definition) is 1. The third kappa shape index (κ3) is 5.56. The fourth-order valence-electron chi connectivity index (χ4n) is 4.00. The smallest absolute Gasteiger partial charge is 0.248 e. The van der Waals surface area contributed by atoms with E-state index in [0.29, 0.717) is 11.3 Å². The number of benzene rings is 1. The molecule has 4 rings (SSSR count). The first-order valence-corrected chi connectivity index (χ1v) is 12.0. The van der Waals surface area contributed by atoms with Crippen LogP contribution in [0.3, 0.4) is 0 Å². The van der Waals surface area contributed by atoms with Gasteiger partial charge in [-0.1, -0.05) is 12.1 Å². The molecule has 1 atom stereocenters. The first kappa shape index (κ1) is 24.2. The molecule has 1 aliphatic carbocycles. The Hall–Kier alpha value is -2.98. The van der Waals surface area contributed by atoms with Gasteiger partial charge in [0.25, 0.3) is 0 Å². The van der Waals surface area contributed by atoms with Gasteiger partial charge in [0.15, 0.2) is 0 Å². The van der Waals surface area contributed by atoms with Gasteiger partial charge < -0.3 is 5.32 Å². The number of carbonyl (C=O) groups is 2. The molecule has 1 fully saturated rings. The highest BCUT2D eigenvalue weighted by molar-refractivity contribution is 7.09. The molecule has 1 unspecified atom stereocenters. The van der Waals surface area contributed by atoms with Crippen molar-refractivity contribution >= 4 is 40.6 Å². The van der Waals surface area contributed by atoms with E-state index in [1.54, 1.807) is 24.4 Å². The number of hydrogen-bond acceptors (Lipinski definition) is 6. The van der Waals surface area contributed by atoms with Gasteiger partial charge in [-0.3, -0.25) is 14.5 Å². The minimum absolute atomic E-state index is 0.160. The Morgan fingerprint density at radius 1 is 1.12 bits per heavy atom. The number of rotatable bonds is 7. The SMILES string of the molecule is O=C(NC1CCC(F)(F)CC1)C(c1ccnnc1)N(C(=O)CCl)c1ccc(-c2ccns2)cc1. The van der Waals surface area contributed by atoms with Crippen LogP contribution in [0, 0.1) is 0 Å². The number of alkyl halides is 3. The highest BCUT2D eigenvalue weighted by Crippen LogP contribution is 2.34. The van der Waals surface area contributed by atoms with Crippen molar-refractivity contribution in [3.8, 4) is 10.4 Å². The van der Waals surface area contributed by atoms with Crippen LogP contribution in [0.2, 0.25) is 0 Å². The standard InChI is InChI=1S/C23H22ClF2N5O2S/c24-13-20(32)31(18-3-1-15(2-4-18)19-8-12-29-34-19)21(16-7-11-27-28-14-16)22(33)30-17-5-9-23(25,26)10-6-17/h1-4,7-8,11-12,14,17,21H,5-6,9-10,13H2,(H,30,33). The van der Waals surface area contributed by atoms with Gasteiger partial charge in [0.05, 0.1) is 11.1 Å². The van der Waals surface area contributed by atoms with E-state index in [-0.39, 0.29) is 31.6 Å². The van der Waals surface area contributed by atoms with Crippen molar-refractivity contribution in [3.63, 3.8) is 0 Å². The van der Waals surface area contributed by atoms with Gasteiger partial charge in [0.2, 0.25) is 17.7 Å². The summed E-state index contributed by atoms with van der Waals surface area (Å²) in [6.07, 6.45) is 4.27. The summed E-state index contributed by atoms with van der Waals surface area (Å²) in [5, 5.41) is 10.5. The Kier molecular flexibility index (Phi) is 7.47. The lowest BCUT2D eigenvalue weighted by molar-refractivity contribution is -0.127. The van der Waals surface area contributed by atoms with E-state index in [9.17, 15) is 18.4 Å². The van der Waals surface area contributed by atoms with Gasteiger partial charge in [0, 0.05) is 42.5 Å². The van der Waals surface area contributed by atoms with Crippen molar-refractivity contribution in [3.05, 3.63) is 60.6 Å². The summed E-state index contributed by atoms with van der Waals surface area (Å²) in [7, 11) is 0. The third-order valence-electron chi connectivity index (χ3n) is 5.74. The van der Waals surface area contributed by atoms with E-state index in [0.717, 1.165) is 10.4 Å². The molecule has 0 saturated heterocycles. The van der Waals surface area contributed by atoms with Crippen LogP contribution in [0.1, 0.15) is 37.3 Å². The quantitative estimate of drug-likeness (QED) is 0.474. The topological polar surface area (TPSA) is 88.1 Å². The number of nitrogens with one attached hydrogen (secondary N) is 1. The Labute approximate surface area is 204 Å². The first-order chi connectivity index (χ1) is 16.4. The number of halogens is 3. The van der Waals surface area contributed by atoms with Gasteiger partial charge in [-0.2, -0.15) is 10.2 Å². The minimum Gasteiger partial charge on any atom is -0.351 e. The summed E-state index contributed by atoms with van der Waals surface area (Å²) in [5.41, 5.74) is 1.81. The van der Waals surface area contributed by atoms with Crippen LogP contribution in [0.5, 0.6) is 0 Å².